The van der Waals surface area contributed by atoms with Gasteiger partial charge in [0, 0.05) is 0 Å². The van der Waals surface area contributed by atoms with Crippen LogP contribution >= 0.6 is 0 Å². The molecule has 4 nitrogen and oxygen atoms in total. The Morgan fingerprint density at radius 2 is 1.60 bits per heavy atom. The van der Waals surface area contributed by atoms with E-state index in [0.29, 0.717) is 0 Å². The number of epoxide rings is 1. The monoisotopic (exact) mass is 280 g/mol. The van der Waals surface area contributed by atoms with Gasteiger partial charge in [-0.1, -0.05) is 71.1 Å². The number of ketones is 1. The Morgan fingerprint density at radius 1 is 1.05 bits per heavy atom. The van der Waals surface area contributed by atoms with Crippen molar-refractivity contribution in [1.82, 2.24) is 0 Å². The van der Waals surface area contributed by atoms with Crippen molar-refractivity contribution in [3.05, 3.63) is 5.53 Å². The number of hydrogen-bond donors (Lipinski definition) is 0. The predicted molar refractivity (Wildman–Crippen MR) is 79.8 cm³/mol. The van der Waals surface area contributed by atoms with Gasteiger partial charge >= 0.3 is 6.21 Å². The quantitative estimate of drug-likeness (QED) is 0.169. The van der Waals surface area contributed by atoms with Crippen LogP contribution in [0.2, 0.25) is 0 Å². The highest BCUT2D eigenvalue weighted by atomic mass is 16.6. The lowest BCUT2D eigenvalue weighted by Gasteiger charge is -2.01. The van der Waals surface area contributed by atoms with E-state index in [0.717, 1.165) is 19.1 Å². The second-order valence-corrected chi connectivity index (χ2v) is 5.71. The molecule has 0 aromatic carbocycles. The zero-order valence-electron chi connectivity index (χ0n) is 12.7. The molecular weight excluding hydrogens is 252 g/mol. The molecule has 0 unspecified atom stereocenters. The Kier molecular flexibility index (Phi) is 9.18. The summed E-state index contributed by atoms with van der Waals surface area (Å²) in [6.07, 6.45) is 14.8. The zero-order chi connectivity index (χ0) is 14.6. The molecule has 0 amide bonds. The number of hydrogen-bond acceptors (Lipinski definition) is 2. The molecule has 0 aliphatic carbocycles. The topological polar surface area (TPSA) is 66.0 Å². The van der Waals surface area contributed by atoms with Crippen molar-refractivity contribution < 1.29 is 14.3 Å². The van der Waals surface area contributed by atoms with E-state index in [9.17, 15) is 4.79 Å². The number of unbranched alkanes of at least 4 members (excludes halogenated alkanes) is 9. The van der Waals surface area contributed by atoms with Gasteiger partial charge in [-0.05, 0) is 6.42 Å². The minimum atomic E-state index is -0.343. The highest BCUT2D eigenvalue weighted by Gasteiger charge is 2.44. The Labute approximate surface area is 122 Å². The third-order valence-corrected chi connectivity index (χ3v) is 3.89. The van der Waals surface area contributed by atoms with E-state index in [2.05, 4.69) is 11.7 Å². The van der Waals surface area contributed by atoms with Crippen molar-refractivity contribution in [3.63, 3.8) is 0 Å². The van der Waals surface area contributed by atoms with Crippen molar-refractivity contribution in [2.75, 3.05) is 0 Å². The molecule has 0 bridgehead atoms. The van der Waals surface area contributed by atoms with E-state index in [1.165, 1.54) is 57.8 Å². The van der Waals surface area contributed by atoms with Gasteiger partial charge in [0.1, 0.15) is 0 Å². The molecule has 1 aliphatic rings. The van der Waals surface area contributed by atoms with Crippen LogP contribution in [0.15, 0.2) is 0 Å². The normalized spacial score (nSPS) is 20.4. The van der Waals surface area contributed by atoms with Crippen LogP contribution < -0.4 is 0 Å². The lowest BCUT2D eigenvalue weighted by molar-refractivity contribution is -0.117. The number of rotatable bonds is 13. The van der Waals surface area contributed by atoms with Crippen molar-refractivity contribution in [2.24, 2.45) is 0 Å². The van der Waals surface area contributed by atoms with Crippen LogP contribution in [0.3, 0.4) is 0 Å². The Morgan fingerprint density at radius 3 is 2.15 bits per heavy atom. The summed E-state index contributed by atoms with van der Waals surface area (Å²) in [5.41, 5.74) is 8.26. The number of carbonyl (C=O) groups excluding carboxylic acids is 1. The van der Waals surface area contributed by atoms with Crippen LogP contribution in [0, 0.1) is 0 Å². The molecule has 1 rings (SSSR count). The van der Waals surface area contributed by atoms with Gasteiger partial charge < -0.3 is 10.3 Å². The van der Waals surface area contributed by atoms with E-state index >= 15 is 0 Å². The molecular formula is C16H28N2O2. The fourth-order valence-electron chi connectivity index (χ4n) is 2.58. The molecule has 0 aromatic rings. The lowest BCUT2D eigenvalue weighted by atomic mass is 10.0. The van der Waals surface area contributed by atoms with Crippen LogP contribution in [0.4, 0.5) is 0 Å². The third kappa shape index (κ3) is 7.56. The number of carbonyl (C=O) groups is 1. The fourth-order valence-corrected chi connectivity index (χ4v) is 2.58. The van der Waals surface area contributed by atoms with Gasteiger partial charge in [0.05, 0.1) is 6.10 Å². The second kappa shape index (κ2) is 10.8. The molecule has 0 radical (unpaired) electrons. The average molecular weight is 280 g/mol. The molecule has 0 spiro atoms. The first kappa shape index (κ1) is 17.1. The first-order chi connectivity index (χ1) is 9.79. The van der Waals surface area contributed by atoms with Gasteiger partial charge in [-0.25, -0.2) is 0 Å². The Balaban J connectivity index is 1.82. The standard InChI is InChI=1S/C16H28N2O2/c1-2-3-4-5-6-7-8-9-10-11-12-15-16(20-15)14(19)13-18-17/h13,15-16H,2-12H2,1H3/t15-,16-/m1/s1. The summed E-state index contributed by atoms with van der Waals surface area (Å²) in [6, 6.07) is 0. The summed E-state index contributed by atoms with van der Waals surface area (Å²) in [6.45, 7) is 2.25. The molecule has 2 atom stereocenters. The van der Waals surface area contributed by atoms with Gasteiger partial charge in [0.25, 0.3) is 5.78 Å². The summed E-state index contributed by atoms with van der Waals surface area (Å²) in [4.78, 5) is 14.0. The fraction of sp³-hybridized carbons (Fsp3) is 0.875. The molecule has 0 aromatic heterocycles. The highest BCUT2D eigenvalue weighted by Crippen LogP contribution is 2.27. The maximum Gasteiger partial charge on any atom is 0.326 e. The first-order valence-corrected chi connectivity index (χ1v) is 8.16. The van der Waals surface area contributed by atoms with Crippen LogP contribution in [0.1, 0.15) is 77.6 Å². The van der Waals surface area contributed by atoms with Gasteiger partial charge in [-0.3, -0.25) is 4.79 Å². The lowest BCUT2D eigenvalue weighted by Crippen LogP contribution is -2.11. The first-order valence-electron chi connectivity index (χ1n) is 8.16. The van der Waals surface area contributed by atoms with E-state index in [4.69, 9.17) is 10.3 Å². The summed E-state index contributed by atoms with van der Waals surface area (Å²) in [5.74, 6) is -0.218. The van der Waals surface area contributed by atoms with Crippen LogP contribution in [0.25, 0.3) is 5.53 Å². The van der Waals surface area contributed by atoms with Gasteiger partial charge in [-0.15, -0.1) is 0 Å². The predicted octanol–water partition coefficient (Wildman–Crippen LogP) is 3.93. The van der Waals surface area contributed by atoms with Crippen LogP contribution in [-0.2, 0) is 9.53 Å². The van der Waals surface area contributed by atoms with Crippen LogP contribution in [0.5, 0.6) is 0 Å². The molecule has 114 valence electrons. The van der Waals surface area contributed by atoms with E-state index < -0.39 is 0 Å². The highest BCUT2D eigenvalue weighted by molar-refractivity contribution is 6.28. The summed E-state index contributed by atoms with van der Waals surface area (Å²) < 4.78 is 5.26. The van der Waals surface area contributed by atoms with E-state index in [-0.39, 0.29) is 18.0 Å². The van der Waals surface area contributed by atoms with Crippen molar-refractivity contribution in [3.8, 4) is 0 Å². The number of Topliss-reactive ketones (excluding diaryl/α,β-unsaturated/α-hetero) is 1. The van der Waals surface area contributed by atoms with E-state index in [1.54, 1.807) is 0 Å². The summed E-state index contributed by atoms with van der Waals surface area (Å²) in [5, 5.41) is 0. The second-order valence-electron chi connectivity index (χ2n) is 5.71. The van der Waals surface area contributed by atoms with Crippen molar-refractivity contribution in [1.29, 1.82) is 0 Å². The van der Waals surface area contributed by atoms with E-state index in [1.807, 2.05) is 0 Å². The molecule has 20 heavy (non-hydrogen) atoms. The summed E-state index contributed by atoms with van der Waals surface area (Å²) in [7, 11) is 0. The molecule has 0 saturated carbocycles. The smallest absolute Gasteiger partial charge is 0.326 e. The van der Waals surface area contributed by atoms with Gasteiger partial charge in [-0.2, -0.15) is 4.79 Å². The third-order valence-electron chi connectivity index (χ3n) is 3.89. The SMILES string of the molecule is CCCCCCCCCCCC[C@H]1O[C@@H]1C(=O)C=[N+]=[N-]. The largest absolute Gasteiger partial charge is 0.361 e. The van der Waals surface area contributed by atoms with Crippen molar-refractivity contribution >= 4 is 12.0 Å². The molecule has 1 heterocycles. The average Bonchev–Trinajstić information content (AvgIpc) is 3.21. The molecule has 4 heteroatoms. The molecule has 0 N–H and O–H groups in total. The number of nitrogens with zero attached hydrogens (tertiary/aromatic N) is 2. The maximum absolute atomic E-state index is 11.3. The van der Waals surface area contributed by atoms with Gasteiger partial charge in [0.15, 0.2) is 6.10 Å². The summed E-state index contributed by atoms with van der Waals surface area (Å²) >= 11 is 0. The molecule has 1 saturated heterocycles. The number of ether oxygens (including phenoxy) is 1. The Bertz CT molecular complexity index is 324. The minimum Gasteiger partial charge on any atom is -0.361 e. The molecule has 1 aliphatic heterocycles. The van der Waals surface area contributed by atoms with Crippen LogP contribution in [-0.4, -0.2) is 29.0 Å². The zero-order valence-corrected chi connectivity index (χ0v) is 12.7. The van der Waals surface area contributed by atoms with Gasteiger partial charge in [0.2, 0.25) is 0 Å². The minimum absolute atomic E-state index is 0.0644. The van der Waals surface area contributed by atoms with Crippen molar-refractivity contribution in [2.45, 2.75) is 89.8 Å². The maximum atomic E-state index is 11.3. The molecule has 1 fully saturated rings. The Hall–Kier alpha value is -0.990.